The molecule has 2 rings (SSSR count). The Morgan fingerprint density at radius 1 is 1.26 bits per heavy atom. The molecule has 1 aromatic rings. The highest BCUT2D eigenvalue weighted by atomic mass is 32.1. The number of carbonyl (C=O) groups is 1. The van der Waals surface area contributed by atoms with E-state index in [1.807, 2.05) is 18.2 Å². The minimum atomic E-state index is -0.264. The standard InChI is InChI=1S/C16H23N3O3S/c20-15(13-22-14-5-2-1-3-6-14)18-16(23)17-7-4-8-19-9-11-21-12-10-19/h1-3,5-6H,4,7-13H2,(H2,17,18,20,23). The van der Waals surface area contributed by atoms with E-state index in [0.717, 1.165) is 45.8 Å². The predicted molar refractivity (Wildman–Crippen MR) is 92.6 cm³/mol. The summed E-state index contributed by atoms with van der Waals surface area (Å²) < 4.78 is 10.7. The van der Waals surface area contributed by atoms with Crippen LogP contribution in [-0.2, 0) is 9.53 Å². The molecule has 0 aromatic heterocycles. The number of rotatable bonds is 7. The molecule has 2 N–H and O–H groups in total. The van der Waals surface area contributed by atoms with Gasteiger partial charge in [0.1, 0.15) is 5.75 Å². The van der Waals surface area contributed by atoms with E-state index in [-0.39, 0.29) is 12.5 Å². The van der Waals surface area contributed by atoms with Crippen molar-refractivity contribution in [2.24, 2.45) is 0 Å². The first-order valence-electron chi connectivity index (χ1n) is 7.79. The zero-order valence-corrected chi connectivity index (χ0v) is 13.9. The first-order valence-corrected chi connectivity index (χ1v) is 8.20. The minimum absolute atomic E-state index is 0.0559. The molecular formula is C16H23N3O3S. The Balaban J connectivity index is 1.52. The van der Waals surface area contributed by atoms with Gasteiger partial charge in [-0.15, -0.1) is 0 Å². The second-order valence-corrected chi connectivity index (χ2v) is 5.62. The summed E-state index contributed by atoms with van der Waals surface area (Å²) >= 11 is 5.10. The van der Waals surface area contributed by atoms with Crippen molar-refractivity contribution in [3.8, 4) is 5.75 Å². The van der Waals surface area contributed by atoms with Gasteiger partial charge in [-0.25, -0.2) is 0 Å². The van der Waals surface area contributed by atoms with E-state index in [9.17, 15) is 4.79 Å². The molecule has 0 bridgehead atoms. The lowest BCUT2D eigenvalue weighted by Crippen LogP contribution is -2.43. The van der Waals surface area contributed by atoms with E-state index >= 15 is 0 Å². The molecule has 0 atom stereocenters. The Morgan fingerprint density at radius 2 is 2.00 bits per heavy atom. The molecule has 1 saturated heterocycles. The Labute approximate surface area is 142 Å². The summed E-state index contributed by atoms with van der Waals surface area (Å²) in [5.41, 5.74) is 0. The molecule has 1 heterocycles. The number of carbonyl (C=O) groups excluding carboxylic acids is 1. The van der Waals surface area contributed by atoms with E-state index < -0.39 is 0 Å². The number of morpholine rings is 1. The van der Waals surface area contributed by atoms with Crippen LogP contribution in [0.5, 0.6) is 5.75 Å². The molecule has 0 spiro atoms. The Kier molecular flexibility index (Phi) is 7.79. The van der Waals surface area contributed by atoms with Crippen LogP contribution in [0.25, 0.3) is 0 Å². The van der Waals surface area contributed by atoms with Gasteiger partial charge in [0.15, 0.2) is 11.7 Å². The SMILES string of the molecule is O=C(COc1ccccc1)NC(=S)NCCCN1CCOCC1. The van der Waals surface area contributed by atoms with E-state index in [1.54, 1.807) is 12.1 Å². The molecule has 1 fully saturated rings. The molecule has 1 amide bonds. The van der Waals surface area contributed by atoms with Gasteiger partial charge in [-0.3, -0.25) is 9.69 Å². The van der Waals surface area contributed by atoms with Crippen LogP contribution in [-0.4, -0.2) is 61.9 Å². The quantitative estimate of drug-likeness (QED) is 0.566. The average molecular weight is 337 g/mol. The molecule has 6 nitrogen and oxygen atoms in total. The number of hydrogen-bond donors (Lipinski definition) is 2. The number of amides is 1. The molecule has 0 saturated carbocycles. The van der Waals surface area contributed by atoms with Gasteiger partial charge in [-0.05, 0) is 37.3 Å². The molecule has 126 valence electrons. The van der Waals surface area contributed by atoms with Gasteiger partial charge in [-0.2, -0.15) is 0 Å². The predicted octanol–water partition coefficient (Wildman–Crippen LogP) is 0.778. The highest BCUT2D eigenvalue weighted by Gasteiger charge is 2.09. The number of para-hydroxylation sites is 1. The molecule has 1 aliphatic heterocycles. The summed E-state index contributed by atoms with van der Waals surface area (Å²) in [6.45, 7) is 5.27. The molecule has 0 unspecified atom stereocenters. The second-order valence-electron chi connectivity index (χ2n) is 5.21. The molecular weight excluding hydrogens is 314 g/mol. The van der Waals surface area contributed by atoms with Crippen molar-refractivity contribution < 1.29 is 14.3 Å². The number of nitrogens with one attached hydrogen (secondary N) is 2. The van der Waals surface area contributed by atoms with Gasteiger partial charge in [0, 0.05) is 19.6 Å². The van der Waals surface area contributed by atoms with Crippen LogP contribution < -0.4 is 15.4 Å². The summed E-state index contributed by atoms with van der Waals surface area (Å²) in [6.07, 6.45) is 0.969. The largest absolute Gasteiger partial charge is 0.484 e. The van der Waals surface area contributed by atoms with Crippen molar-refractivity contribution in [2.45, 2.75) is 6.42 Å². The highest BCUT2D eigenvalue weighted by Crippen LogP contribution is 2.07. The van der Waals surface area contributed by atoms with Crippen molar-refractivity contribution in [1.29, 1.82) is 0 Å². The van der Waals surface area contributed by atoms with Crippen LogP contribution in [0.4, 0.5) is 0 Å². The van der Waals surface area contributed by atoms with Crippen LogP contribution in [0, 0.1) is 0 Å². The van der Waals surface area contributed by atoms with Crippen LogP contribution >= 0.6 is 12.2 Å². The Hall–Kier alpha value is -1.70. The summed E-state index contributed by atoms with van der Waals surface area (Å²) in [5, 5.41) is 5.99. The van der Waals surface area contributed by atoms with Gasteiger partial charge in [0.25, 0.3) is 5.91 Å². The third-order valence-electron chi connectivity index (χ3n) is 3.41. The molecule has 1 aromatic carbocycles. The van der Waals surface area contributed by atoms with Crippen LogP contribution in [0.15, 0.2) is 30.3 Å². The molecule has 1 aliphatic rings. The normalized spacial score (nSPS) is 15.0. The van der Waals surface area contributed by atoms with Gasteiger partial charge < -0.3 is 20.1 Å². The highest BCUT2D eigenvalue weighted by molar-refractivity contribution is 7.80. The maximum atomic E-state index is 11.7. The fraction of sp³-hybridized carbons (Fsp3) is 0.500. The lowest BCUT2D eigenvalue weighted by Gasteiger charge is -2.26. The van der Waals surface area contributed by atoms with Crippen molar-refractivity contribution in [1.82, 2.24) is 15.5 Å². The smallest absolute Gasteiger partial charge is 0.264 e. The molecule has 7 heteroatoms. The topological polar surface area (TPSA) is 62.8 Å². The maximum absolute atomic E-state index is 11.7. The fourth-order valence-electron chi connectivity index (χ4n) is 2.20. The zero-order chi connectivity index (χ0) is 16.3. The molecule has 23 heavy (non-hydrogen) atoms. The van der Waals surface area contributed by atoms with Crippen LogP contribution in [0.3, 0.4) is 0 Å². The Bertz CT molecular complexity index is 493. The van der Waals surface area contributed by atoms with Crippen LogP contribution in [0.2, 0.25) is 0 Å². The lowest BCUT2D eigenvalue weighted by molar-refractivity contribution is -0.121. The minimum Gasteiger partial charge on any atom is -0.484 e. The van der Waals surface area contributed by atoms with Crippen molar-refractivity contribution in [3.63, 3.8) is 0 Å². The van der Waals surface area contributed by atoms with Crippen molar-refractivity contribution in [3.05, 3.63) is 30.3 Å². The van der Waals surface area contributed by atoms with Gasteiger partial charge in [0.2, 0.25) is 0 Å². The number of nitrogens with zero attached hydrogens (tertiary/aromatic N) is 1. The number of benzene rings is 1. The second kappa shape index (κ2) is 10.1. The van der Waals surface area contributed by atoms with E-state index in [2.05, 4.69) is 15.5 Å². The third kappa shape index (κ3) is 7.40. The monoisotopic (exact) mass is 337 g/mol. The van der Waals surface area contributed by atoms with E-state index in [1.165, 1.54) is 0 Å². The number of thiocarbonyl (C=S) groups is 1. The summed E-state index contributed by atoms with van der Waals surface area (Å²) in [4.78, 5) is 14.1. The number of hydrogen-bond acceptors (Lipinski definition) is 5. The third-order valence-corrected chi connectivity index (χ3v) is 3.65. The number of ether oxygens (including phenoxy) is 2. The lowest BCUT2D eigenvalue weighted by atomic mass is 10.3. The first kappa shape index (κ1) is 17.7. The van der Waals surface area contributed by atoms with Gasteiger partial charge in [-0.1, -0.05) is 18.2 Å². The van der Waals surface area contributed by atoms with E-state index in [0.29, 0.717) is 10.9 Å². The fourth-order valence-corrected chi connectivity index (χ4v) is 2.42. The first-order chi connectivity index (χ1) is 11.2. The summed E-state index contributed by atoms with van der Waals surface area (Å²) in [5.74, 6) is 0.395. The summed E-state index contributed by atoms with van der Waals surface area (Å²) in [6, 6.07) is 9.20. The summed E-state index contributed by atoms with van der Waals surface area (Å²) in [7, 11) is 0. The van der Waals surface area contributed by atoms with Gasteiger partial charge in [0.05, 0.1) is 13.2 Å². The zero-order valence-electron chi connectivity index (χ0n) is 13.1. The van der Waals surface area contributed by atoms with Crippen molar-refractivity contribution in [2.75, 3.05) is 46.0 Å². The Morgan fingerprint density at radius 3 is 2.74 bits per heavy atom. The van der Waals surface area contributed by atoms with Crippen LogP contribution in [0.1, 0.15) is 6.42 Å². The maximum Gasteiger partial charge on any atom is 0.264 e. The molecule has 0 radical (unpaired) electrons. The average Bonchev–Trinajstić information content (AvgIpc) is 2.59. The van der Waals surface area contributed by atoms with Crippen molar-refractivity contribution >= 4 is 23.2 Å². The van der Waals surface area contributed by atoms with Gasteiger partial charge >= 0.3 is 0 Å². The van der Waals surface area contributed by atoms with E-state index in [4.69, 9.17) is 21.7 Å². The molecule has 0 aliphatic carbocycles.